The quantitative estimate of drug-likeness (QED) is 0.789. The van der Waals surface area contributed by atoms with Crippen molar-refractivity contribution in [2.24, 2.45) is 5.92 Å². The SMILES string of the molecule is CC(CC1CC1)n1c(=S)[nH]c2cc(F)c(Br)cc21. The van der Waals surface area contributed by atoms with E-state index in [2.05, 4.69) is 32.4 Å². The van der Waals surface area contributed by atoms with Crippen LogP contribution < -0.4 is 0 Å². The van der Waals surface area contributed by atoms with Crippen LogP contribution in [0.25, 0.3) is 11.0 Å². The van der Waals surface area contributed by atoms with Crippen molar-refractivity contribution in [3.63, 3.8) is 0 Å². The Balaban J connectivity index is 2.11. The van der Waals surface area contributed by atoms with Crippen LogP contribution in [0.5, 0.6) is 0 Å². The van der Waals surface area contributed by atoms with Gasteiger partial charge in [-0.15, -0.1) is 0 Å². The van der Waals surface area contributed by atoms with Gasteiger partial charge in [0.05, 0.1) is 15.5 Å². The zero-order chi connectivity index (χ0) is 12.9. The van der Waals surface area contributed by atoms with Crippen molar-refractivity contribution >= 4 is 39.2 Å². The molecule has 1 N–H and O–H groups in total. The van der Waals surface area contributed by atoms with Crippen LogP contribution in [0.4, 0.5) is 4.39 Å². The highest BCUT2D eigenvalue weighted by Gasteiger charge is 2.25. The van der Waals surface area contributed by atoms with E-state index in [0.717, 1.165) is 23.4 Å². The number of benzene rings is 1. The van der Waals surface area contributed by atoms with Crippen molar-refractivity contribution in [1.29, 1.82) is 0 Å². The molecule has 5 heteroatoms. The molecular formula is C13H14BrFN2S. The number of rotatable bonds is 3. The Hall–Kier alpha value is -0.680. The fraction of sp³-hybridized carbons (Fsp3) is 0.462. The fourth-order valence-electron chi connectivity index (χ4n) is 2.50. The molecule has 0 amide bonds. The predicted octanol–water partition coefficient (Wildman–Crippen LogP) is 4.96. The van der Waals surface area contributed by atoms with Crippen molar-refractivity contribution in [2.75, 3.05) is 0 Å². The molecule has 3 rings (SSSR count). The van der Waals surface area contributed by atoms with Crippen LogP contribution in [0.2, 0.25) is 0 Å². The van der Waals surface area contributed by atoms with Crippen molar-refractivity contribution in [3.05, 3.63) is 27.2 Å². The van der Waals surface area contributed by atoms with Gasteiger partial charge in [0, 0.05) is 12.1 Å². The summed E-state index contributed by atoms with van der Waals surface area (Å²) in [6.45, 7) is 2.18. The molecule has 1 saturated carbocycles. The van der Waals surface area contributed by atoms with E-state index >= 15 is 0 Å². The summed E-state index contributed by atoms with van der Waals surface area (Å²) in [6, 6.07) is 3.66. The van der Waals surface area contributed by atoms with Crippen molar-refractivity contribution in [3.8, 4) is 0 Å². The third kappa shape index (κ3) is 2.14. The number of aromatic amines is 1. The summed E-state index contributed by atoms with van der Waals surface area (Å²) in [6.07, 6.45) is 3.81. The Labute approximate surface area is 118 Å². The first kappa shape index (κ1) is 12.4. The maximum atomic E-state index is 13.5. The van der Waals surface area contributed by atoms with Crippen LogP contribution in [-0.4, -0.2) is 9.55 Å². The molecule has 0 radical (unpaired) electrons. The molecular weight excluding hydrogens is 315 g/mol. The van der Waals surface area contributed by atoms with E-state index in [9.17, 15) is 4.39 Å². The topological polar surface area (TPSA) is 20.7 Å². The number of nitrogens with zero attached hydrogens (tertiary/aromatic N) is 1. The van der Waals surface area contributed by atoms with Crippen LogP contribution in [0.1, 0.15) is 32.2 Å². The number of nitrogens with one attached hydrogen (secondary N) is 1. The second-order valence-corrected chi connectivity index (χ2v) is 6.35. The second kappa shape index (κ2) is 4.46. The second-order valence-electron chi connectivity index (χ2n) is 5.11. The summed E-state index contributed by atoms with van der Waals surface area (Å²) in [4.78, 5) is 3.09. The van der Waals surface area contributed by atoms with Gasteiger partial charge in [0.1, 0.15) is 5.82 Å². The lowest BCUT2D eigenvalue weighted by atomic mass is 10.1. The van der Waals surface area contributed by atoms with Crippen LogP contribution in [0.3, 0.4) is 0 Å². The van der Waals surface area contributed by atoms with Gasteiger partial charge >= 0.3 is 0 Å². The summed E-state index contributed by atoms with van der Waals surface area (Å²) >= 11 is 8.59. The third-order valence-corrected chi connectivity index (χ3v) is 4.48. The number of H-pyrrole nitrogens is 1. The van der Waals surface area contributed by atoms with Gasteiger partial charge in [-0.25, -0.2) is 4.39 Å². The molecule has 1 aromatic carbocycles. The molecule has 0 spiro atoms. The van der Waals surface area contributed by atoms with E-state index in [1.54, 1.807) is 6.07 Å². The van der Waals surface area contributed by atoms with E-state index in [4.69, 9.17) is 12.2 Å². The molecule has 0 bridgehead atoms. The van der Waals surface area contributed by atoms with Gasteiger partial charge in [0.15, 0.2) is 4.77 Å². The number of imidazole rings is 1. The standard InChI is InChI=1S/C13H14BrFN2S/c1-7(4-8-2-3-8)17-12-5-9(14)10(15)6-11(12)16-13(17)18/h5-8H,2-4H2,1H3,(H,16,18). The predicted molar refractivity (Wildman–Crippen MR) is 76.8 cm³/mol. The largest absolute Gasteiger partial charge is 0.330 e. The summed E-state index contributed by atoms with van der Waals surface area (Å²) in [5, 5.41) is 0. The molecule has 96 valence electrons. The number of aromatic nitrogens is 2. The minimum atomic E-state index is -0.263. The number of fused-ring (bicyclic) bond motifs is 1. The molecule has 0 aliphatic heterocycles. The van der Waals surface area contributed by atoms with E-state index in [1.165, 1.54) is 18.9 Å². The fourth-order valence-corrected chi connectivity index (χ4v) is 3.22. The van der Waals surface area contributed by atoms with Gasteiger partial charge in [-0.05, 0) is 53.5 Å². The van der Waals surface area contributed by atoms with Gasteiger partial charge in [-0.3, -0.25) is 0 Å². The Morgan fingerprint density at radius 2 is 2.28 bits per heavy atom. The van der Waals surface area contributed by atoms with Crippen molar-refractivity contribution < 1.29 is 4.39 Å². The highest BCUT2D eigenvalue weighted by molar-refractivity contribution is 9.10. The first-order valence-corrected chi connectivity index (χ1v) is 7.35. The van der Waals surface area contributed by atoms with Crippen LogP contribution in [0.15, 0.2) is 16.6 Å². The van der Waals surface area contributed by atoms with Crippen molar-refractivity contribution in [2.45, 2.75) is 32.2 Å². The Bertz CT molecular complexity index is 657. The van der Waals surface area contributed by atoms with Gasteiger partial charge in [0.25, 0.3) is 0 Å². The van der Waals surface area contributed by atoms with Gasteiger partial charge < -0.3 is 9.55 Å². The number of halogens is 2. The maximum Gasteiger partial charge on any atom is 0.178 e. The molecule has 1 aliphatic carbocycles. The van der Waals surface area contributed by atoms with Gasteiger partial charge in [-0.2, -0.15) is 0 Å². The van der Waals surface area contributed by atoms with Gasteiger partial charge in [0.2, 0.25) is 0 Å². The first-order valence-electron chi connectivity index (χ1n) is 6.15. The Kier molecular flexibility index (Phi) is 3.06. The lowest BCUT2D eigenvalue weighted by molar-refractivity contribution is 0.483. The maximum absolute atomic E-state index is 13.5. The lowest BCUT2D eigenvalue weighted by Gasteiger charge is -2.14. The Morgan fingerprint density at radius 3 is 2.94 bits per heavy atom. The molecule has 0 saturated heterocycles. The minimum Gasteiger partial charge on any atom is -0.330 e. The van der Waals surface area contributed by atoms with E-state index in [-0.39, 0.29) is 5.82 Å². The Morgan fingerprint density at radius 1 is 1.56 bits per heavy atom. The summed E-state index contributed by atoms with van der Waals surface area (Å²) in [5.41, 5.74) is 1.74. The molecule has 18 heavy (non-hydrogen) atoms. The average Bonchev–Trinajstić information content (AvgIpc) is 3.03. The number of hydrogen-bond donors (Lipinski definition) is 1. The third-order valence-electron chi connectivity index (χ3n) is 3.57. The normalized spacial score (nSPS) is 17.3. The molecule has 1 fully saturated rings. The molecule has 2 aromatic rings. The molecule has 1 aliphatic rings. The highest BCUT2D eigenvalue weighted by Crippen LogP contribution is 2.38. The molecule has 1 unspecified atom stereocenters. The van der Waals surface area contributed by atoms with Crippen LogP contribution >= 0.6 is 28.1 Å². The minimum absolute atomic E-state index is 0.263. The monoisotopic (exact) mass is 328 g/mol. The van der Waals surface area contributed by atoms with Crippen molar-refractivity contribution in [1.82, 2.24) is 9.55 Å². The van der Waals surface area contributed by atoms with E-state index < -0.39 is 0 Å². The van der Waals surface area contributed by atoms with Crippen LogP contribution in [-0.2, 0) is 0 Å². The van der Waals surface area contributed by atoms with E-state index in [0.29, 0.717) is 15.3 Å². The van der Waals surface area contributed by atoms with E-state index in [1.807, 2.05) is 0 Å². The summed E-state index contributed by atoms with van der Waals surface area (Å²) < 4.78 is 16.8. The first-order chi connectivity index (χ1) is 8.56. The van der Waals surface area contributed by atoms with Gasteiger partial charge in [-0.1, -0.05) is 12.8 Å². The lowest BCUT2D eigenvalue weighted by Crippen LogP contribution is -2.06. The molecule has 1 aromatic heterocycles. The average molecular weight is 329 g/mol. The smallest absolute Gasteiger partial charge is 0.178 e. The highest BCUT2D eigenvalue weighted by atomic mass is 79.9. The zero-order valence-corrected chi connectivity index (χ0v) is 12.4. The van der Waals surface area contributed by atoms with Crippen LogP contribution in [0, 0.1) is 16.5 Å². The number of hydrogen-bond acceptors (Lipinski definition) is 1. The molecule has 1 heterocycles. The molecule has 2 nitrogen and oxygen atoms in total. The summed E-state index contributed by atoms with van der Waals surface area (Å²) in [7, 11) is 0. The molecule has 1 atom stereocenters. The summed E-state index contributed by atoms with van der Waals surface area (Å²) in [5.74, 6) is 0.580. The zero-order valence-electron chi connectivity index (χ0n) is 10.0.